The van der Waals surface area contributed by atoms with E-state index in [-0.39, 0.29) is 18.2 Å². The van der Waals surface area contributed by atoms with Crippen molar-refractivity contribution in [3.05, 3.63) is 88.6 Å². The third-order valence-electron chi connectivity index (χ3n) is 6.55. The predicted molar refractivity (Wildman–Crippen MR) is 164 cm³/mol. The second-order valence-electron chi connectivity index (χ2n) is 10.8. The molecule has 5 rings (SSSR count). The molecule has 1 N–H and O–H groups in total. The molecule has 0 bridgehead atoms. The van der Waals surface area contributed by atoms with E-state index in [0.717, 1.165) is 21.3 Å². The van der Waals surface area contributed by atoms with Crippen LogP contribution in [-0.2, 0) is 27.2 Å². The van der Waals surface area contributed by atoms with Gasteiger partial charge in [0.25, 0.3) is 5.91 Å². The number of hydrogen-bond donors (Lipinski definition) is 1. The van der Waals surface area contributed by atoms with Crippen LogP contribution in [0.1, 0.15) is 65.2 Å². The summed E-state index contributed by atoms with van der Waals surface area (Å²) in [5.41, 5.74) is 3.19. The Balaban J connectivity index is 1.42. The van der Waals surface area contributed by atoms with Crippen molar-refractivity contribution in [3.8, 4) is 0 Å². The first-order chi connectivity index (χ1) is 20.1. The van der Waals surface area contributed by atoms with Crippen molar-refractivity contribution < 1.29 is 23.9 Å². The third-order valence-corrected chi connectivity index (χ3v) is 7.50. The molecule has 3 heterocycles. The highest BCUT2D eigenvalue weighted by Gasteiger charge is 2.26. The number of anilines is 2. The summed E-state index contributed by atoms with van der Waals surface area (Å²) in [4.78, 5) is 49.7. The van der Waals surface area contributed by atoms with Gasteiger partial charge in [0.15, 0.2) is 10.8 Å². The normalized spacial score (nSPS) is 13.2. The molecule has 10 heteroatoms. The standard InChI is InChI=1S/C32H32N4O5S/c1-5-40-27(37)16-14-21-13-15-26(34-28(21)30(39)41-32(2,3)4)36-18-17-20-9-8-10-22(23(20)19-36)29(38)35-31-33-24-11-6-7-12-25(24)42-31/h6-16H,5,17-19H2,1-4H3,(H,33,35,38)/b16-14+. The Morgan fingerprint density at radius 1 is 1.05 bits per heavy atom. The van der Waals surface area contributed by atoms with Gasteiger partial charge in [-0.05, 0) is 81.7 Å². The fraction of sp³-hybridized carbons (Fsp3) is 0.281. The van der Waals surface area contributed by atoms with Crippen molar-refractivity contribution in [2.75, 3.05) is 23.4 Å². The van der Waals surface area contributed by atoms with E-state index in [1.807, 2.05) is 47.4 Å². The minimum Gasteiger partial charge on any atom is -0.463 e. The van der Waals surface area contributed by atoms with E-state index in [1.54, 1.807) is 39.8 Å². The first-order valence-electron chi connectivity index (χ1n) is 13.7. The number of thiazole rings is 1. The number of rotatable bonds is 7. The van der Waals surface area contributed by atoms with E-state index in [0.29, 0.717) is 41.6 Å². The molecule has 216 valence electrons. The Morgan fingerprint density at radius 2 is 1.86 bits per heavy atom. The van der Waals surface area contributed by atoms with Crippen molar-refractivity contribution in [1.29, 1.82) is 0 Å². The second kappa shape index (κ2) is 12.1. The lowest BCUT2D eigenvalue weighted by Gasteiger charge is -2.31. The molecule has 2 aromatic heterocycles. The zero-order valence-electron chi connectivity index (χ0n) is 24.0. The summed E-state index contributed by atoms with van der Waals surface area (Å²) >= 11 is 1.43. The molecule has 1 aliphatic rings. The molecule has 0 radical (unpaired) electrons. The summed E-state index contributed by atoms with van der Waals surface area (Å²) < 4.78 is 11.6. The van der Waals surface area contributed by atoms with Gasteiger partial charge in [-0.25, -0.2) is 19.6 Å². The van der Waals surface area contributed by atoms with Gasteiger partial charge in [0.2, 0.25) is 0 Å². The maximum atomic E-state index is 13.4. The zero-order chi connectivity index (χ0) is 29.9. The van der Waals surface area contributed by atoms with Crippen LogP contribution in [0.25, 0.3) is 16.3 Å². The second-order valence-corrected chi connectivity index (χ2v) is 11.8. The molecule has 0 fully saturated rings. The Bertz CT molecular complexity index is 1650. The predicted octanol–water partition coefficient (Wildman–Crippen LogP) is 6.04. The van der Waals surface area contributed by atoms with E-state index in [4.69, 9.17) is 9.47 Å². The maximum Gasteiger partial charge on any atom is 0.358 e. The Hall–Kier alpha value is -4.57. The van der Waals surface area contributed by atoms with Crippen LogP contribution in [-0.4, -0.2) is 46.6 Å². The zero-order valence-corrected chi connectivity index (χ0v) is 24.8. The third kappa shape index (κ3) is 6.66. The molecule has 0 aliphatic carbocycles. The number of hydrogen-bond acceptors (Lipinski definition) is 9. The molecule has 1 aliphatic heterocycles. The maximum absolute atomic E-state index is 13.4. The van der Waals surface area contributed by atoms with Crippen LogP contribution in [0.15, 0.2) is 60.7 Å². The summed E-state index contributed by atoms with van der Waals surface area (Å²) in [7, 11) is 0. The average Bonchev–Trinajstić information content (AvgIpc) is 3.37. The molecular formula is C32H32N4O5S. The van der Waals surface area contributed by atoms with Gasteiger partial charge in [-0.1, -0.05) is 35.6 Å². The Morgan fingerprint density at radius 3 is 2.62 bits per heavy atom. The molecule has 4 aromatic rings. The molecule has 9 nitrogen and oxygen atoms in total. The van der Waals surface area contributed by atoms with Gasteiger partial charge in [0.05, 0.1) is 16.8 Å². The summed E-state index contributed by atoms with van der Waals surface area (Å²) in [6, 6.07) is 17.0. The lowest BCUT2D eigenvalue weighted by Crippen LogP contribution is -2.33. The number of nitrogens with zero attached hydrogens (tertiary/aromatic N) is 3. The molecule has 0 spiro atoms. The van der Waals surface area contributed by atoms with Gasteiger partial charge in [0.1, 0.15) is 11.4 Å². The number of fused-ring (bicyclic) bond motifs is 2. The first-order valence-corrected chi connectivity index (χ1v) is 14.5. The quantitative estimate of drug-likeness (QED) is 0.207. The number of aromatic nitrogens is 2. The molecule has 42 heavy (non-hydrogen) atoms. The van der Waals surface area contributed by atoms with Crippen molar-refractivity contribution in [2.24, 2.45) is 0 Å². The number of pyridine rings is 1. The van der Waals surface area contributed by atoms with E-state index >= 15 is 0 Å². The molecule has 0 unspecified atom stereocenters. The summed E-state index contributed by atoms with van der Waals surface area (Å²) in [5, 5.41) is 3.51. The summed E-state index contributed by atoms with van der Waals surface area (Å²) in [6.07, 6.45) is 3.47. The van der Waals surface area contributed by atoms with E-state index < -0.39 is 17.5 Å². The topological polar surface area (TPSA) is 111 Å². The van der Waals surface area contributed by atoms with Crippen molar-refractivity contribution in [2.45, 2.75) is 46.3 Å². The minimum atomic E-state index is -0.730. The van der Waals surface area contributed by atoms with Crippen molar-refractivity contribution >= 4 is 56.4 Å². The van der Waals surface area contributed by atoms with Gasteiger partial charge >= 0.3 is 11.9 Å². The van der Waals surface area contributed by atoms with Gasteiger partial charge < -0.3 is 14.4 Å². The SMILES string of the molecule is CCOC(=O)/C=C/c1ccc(N2CCc3cccc(C(=O)Nc4nc5ccccc5s4)c3C2)nc1C(=O)OC(C)(C)C. The molecule has 2 aromatic carbocycles. The van der Waals surface area contributed by atoms with Crippen molar-refractivity contribution in [1.82, 2.24) is 9.97 Å². The Labute approximate surface area is 248 Å². The number of carbonyl (C=O) groups is 3. The highest BCUT2D eigenvalue weighted by atomic mass is 32.1. The minimum absolute atomic E-state index is 0.0932. The lowest BCUT2D eigenvalue weighted by atomic mass is 9.94. The number of carbonyl (C=O) groups excluding carboxylic acids is 3. The fourth-order valence-corrected chi connectivity index (χ4v) is 5.55. The summed E-state index contributed by atoms with van der Waals surface area (Å²) in [5.74, 6) is -0.770. The van der Waals surface area contributed by atoms with Gasteiger partial charge in [-0.15, -0.1) is 0 Å². The van der Waals surface area contributed by atoms with Crippen molar-refractivity contribution in [3.63, 3.8) is 0 Å². The van der Waals surface area contributed by atoms with Crippen LogP contribution < -0.4 is 10.2 Å². The number of nitrogens with one attached hydrogen (secondary N) is 1. The largest absolute Gasteiger partial charge is 0.463 e. The van der Waals surface area contributed by atoms with Crippen LogP contribution in [0.2, 0.25) is 0 Å². The Kier molecular flexibility index (Phi) is 8.35. The molecule has 0 atom stereocenters. The van der Waals surface area contributed by atoms with Crippen LogP contribution in [0.3, 0.4) is 0 Å². The van der Waals surface area contributed by atoms with Gasteiger partial charge in [-0.3, -0.25) is 10.1 Å². The highest BCUT2D eigenvalue weighted by Crippen LogP contribution is 2.30. The monoisotopic (exact) mass is 584 g/mol. The molecule has 0 saturated heterocycles. The van der Waals surface area contributed by atoms with Crippen LogP contribution in [0.4, 0.5) is 10.9 Å². The smallest absolute Gasteiger partial charge is 0.358 e. The van der Waals surface area contributed by atoms with Gasteiger partial charge in [-0.2, -0.15) is 0 Å². The number of esters is 2. The fourth-order valence-electron chi connectivity index (χ4n) is 4.69. The first kappa shape index (κ1) is 28.9. The number of para-hydroxylation sites is 1. The molecular weight excluding hydrogens is 552 g/mol. The number of benzene rings is 2. The van der Waals surface area contributed by atoms with Crippen LogP contribution in [0, 0.1) is 0 Å². The van der Waals surface area contributed by atoms with E-state index in [2.05, 4.69) is 15.3 Å². The number of amides is 1. The van der Waals surface area contributed by atoms with Crippen LogP contribution >= 0.6 is 11.3 Å². The van der Waals surface area contributed by atoms with E-state index in [1.165, 1.54) is 23.5 Å². The average molecular weight is 585 g/mol. The molecule has 0 saturated carbocycles. The highest BCUT2D eigenvalue weighted by molar-refractivity contribution is 7.22. The van der Waals surface area contributed by atoms with E-state index in [9.17, 15) is 14.4 Å². The summed E-state index contributed by atoms with van der Waals surface area (Å²) in [6.45, 7) is 8.39. The lowest BCUT2D eigenvalue weighted by molar-refractivity contribution is -0.137. The number of ether oxygens (including phenoxy) is 2. The van der Waals surface area contributed by atoms with Gasteiger partial charge in [0, 0.05) is 30.3 Å². The molecule has 1 amide bonds. The van der Waals surface area contributed by atoms with Crippen LogP contribution in [0.5, 0.6) is 0 Å².